The Bertz CT molecular complexity index is 987. The van der Waals surface area contributed by atoms with Crippen molar-refractivity contribution in [3.63, 3.8) is 0 Å². The molecule has 1 aliphatic rings. The lowest BCUT2D eigenvalue weighted by atomic mass is 10.1. The van der Waals surface area contributed by atoms with Gasteiger partial charge < -0.3 is 4.90 Å². The first-order chi connectivity index (χ1) is 12.7. The van der Waals surface area contributed by atoms with Crippen molar-refractivity contribution in [1.29, 1.82) is 0 Å². The van der Waals surface area contributed by atoms with E-state index in [4.69, 9.17) is 0 Å². The third-order valence-electron chi connectivity index (χ3n) is 4.52. The van der Waals surface area contributed by atoms with E-state index in [1.54, 1.807) is 25.1 Å². The highest BCUT2D eigenvalue weighted by Crippen LogP contribution is 2.24. The standard InChI is InChI=1S/C18H17F3N2O3S/c1-12-4-2-3-5-13(12)18(24)22-8-10-23(11-9-22)27(25,26)15-7-6-14(19)16(20)17(15)21/h2-7H,8-11H2,1H3. The maximum Gasteiger partial charge on any atom is 0.254 e. The summed E-state index contributed by atoms with van der Waals surface area (Å²) >= 11 is 0. The molecule has 3 rings (SSSR count). The number of carbonyl (C=O) groups is 1. The number of piperazine rings is 1. The molecule has 0 bridgehead atoms. The van der Waals surface area contributed by atoms with Crippen LogP contribution in [0.1, 0.15) is 15.9 Å². The second kappa shape index (κ2) is 7.32. The highest BCUT2D eigenvalue weighted by Gasteiger charge is 2.33. The van der Waals surface area contributed by atoms with Gasteiger partial charge in [0.2, 0.25) is 10.0 Å². The minimum atomic E-state index is -4.34. The van der Waals surface area contributed by atoms with Crippen LogP contribution in [0.2, 0.25) is 0 Å². The van der Waals surface area contributed by atoms with Gasteiger partial charge in [-0.3, -0.25) is 4.79 Å². The average molecular weight is 398 g/mol. The smallest absolute Gasteiger partial charge is 0.254 e. The predicted octanol–water partition coefficient (Wildman–Crippen LogP) is 2.56. The Balaban J connectivity index is 1.76. The maximum atomic E-state index is 13.9. The van der Waals surface area contributed by atoms with Crippen molar-refractivity contribution in [2.24, 2.45) is 0 Å². The highest BCUT2D eigenvalue weighted by atomic mass is 32.2. The van der Waals surface area contributed by atoms with Gasteiger partial charge in [0.1, 0.15) is 4.90 Å². The van der Waals surface area contributed by atoms with Crippen LogP contribution in [0.25, 0.3) is 0 Å². The molecule has 0 N–H and O–H groups in total. The molecule has 0 spiro atoms. The monoisotopic (exact) mass is 398 g/mol. The normalized spacial score (nSPS) is 15.8. The molecule has 2 aromatic rings. The number of halogens is 3. The number of aryl methyl sites for hydroxylation is 1. The van der Waals surface area contributed by atoms with Crippen LogP contribution in [0.5, 0.6) is 0 Å². The van der Waals surface area contributed by atoms with E-state index in [1.165, 1.54) is 4.90 Å². The van der Waals surface area contributed by atoms with Gasteiger partial charge in [-0.2, -0.15) is 4.31 Å². The number of hydrogen-bond donors (Lipinski definition) is 0. The van der Waals surface area contributed by atoms with Gasteiger partial charge in [-0.1, -0.05) is 18.2 Å². The van der Waals surface area contributed by atoms with E-state index < -0.39 is 32.4 Å². The number of rotatable bonds is 3. The van der Waals surface area contributed by atoms with Crippen LogP contribution < -0.4 is 0 Å². The van der Waals surface area contributed by atoms with Crippen molar-refractivity contribution >= 4 is 15.9 Å². The first-order valence-electron chi connectivity index (χ1n) is 8.22. The van der Waals surface area contributed by atoms with Crippen LogP contribution in [-0.4, -0.2) is 49.7 Å². The van der Waals surface area contributed by atoms with Crippen LogP contribution in [0.3, 0.4) is 0 Å². The van der Waals surface area contributed by atoms with E-state index in [1.807, 2.05) is 6.07 Å². The minimum Gasteiger partial charge on any atom is -0.336 e. The van der Waals surface area contributed by atoms with Crippen LogP contribution in [0, 0.1) is 24.4 Å². The summed E-state index contributed by atoms with van der Waals surface area (Å²) < 4.78 is 66.4. The Labute approximate surface area is 155 Å². The quantitative estimate of drug-likeness (QED) is 0.747. The third-order valence-corrected chi connectivity index (χ3v) is 6.43. The van der Waals surface area contributed by atoms with Gasteiger partial charge >= 0.3 is 0 Å². The second-order valence-electron chi connectivity index (χ2n) is 6.18. The Morgan fingerprint density at radius 1 is 0.926 bits per heavy atom. The van der Waals surface area contributed by atoms with E-state index >= 15 is 0 Å². The van der Waals surface area contributed by atoms with Crippen molar-refractivity contribution < 1.29 is 26.4 Å². The van der Waals surface area contributed by atoms with E-state index in [-0.39, 0.29) is 32.1 Å². The lowest BCUT2D eigenvalue weighted by Crippen LogP contribution is -2.50. The van der Waals surface area contributed by atoms with Crippen LogP contribution in [0.4, 0.5) is 13.2 Å². The van der Waals surface area contributed by atoms with Crippen molar-refractivity contribution in [3.8, 4) is 0 Å². The van der Waals surface area contributed by atoms with E-state index in [0.717, 1.165) is 9.87 Å². The fraction of sp³-hybridized carbons (Fsp3) is 0.278. The molecule has 9 heteroatoms. The highest BCUT2D eigenvalue weighted by molar-refractivity contribution is 7.89. The molecule has 1 saturated heterocycles. The van der Waals surface area contributed by atoms with Gasteiger partial charge in [0.15, 0.2) is 17.5 Å². The SMILES string of the molecule is Cc1ccccc1C(=O)N1CCN(S(=O)(=O)c2ccc(F)c(F)c2F)CC1. The number of hydrogen-bond acceptors (Lipinski definition) is 3. The second-order valence-corrected chi connectivity index (χ2v) is 8.09. The first-order valence-corrected chi connectivity index (χ1v) is 9.66. The summed E-state index contributed by atoms with van der Waals surface area (Å²) in [4.78, 5) is 13.2. The summed E-state index contributed by atoms with van der Waals surface area (Å²) in [6, 6.07) is 8.33. The average Bonchev–Trinajstić information content (AvgIpc) is 2.66. The zero-order valence-corrected chi connectivity index (χ0v) is 15.3. The molecular weight excluding hydrogens is 381 g/mol. The summed E-state index contributed by atoms with van der Waals surface area (Å²) in [5.41, 5.74) is 1.34. The number of carbonyl (C=O) groups excluding carboxylic acids is 1. The van der Waals surface area contributed by atoms with E-state index in [2.05, 4.69) is 0 Å². The van der Waals surface area contributed by atoms with Crippen molar-refractivity contribution in [3.05, 3.63) is 65.0 Å². The number of benzene rings is 2. The van der Waals surface area contributed by atoms with Gasteiger partial charge in [0.05, 0.1) is 0 Å². The summed E-state index contributed by atoms with van der Waals surface area (Å²) in [6.45, 7) is 1.88. The molecule has 1 aliphatic heterocycles. The third kappa shape index (κ3) is 3.57. The fourth-order valence-electron chi connectivity index (χ4n) is 2.96. The molecule has 2 aromatic carbocycles. The van der Waals surface area contributed by atoms with Gasteiger partial charge in [-0.05, 0) is 30.7 Å². The van der Waals surface area contributed by atoms with Gasteiger partial charge in [-0.15, -0.1) is 0 Å². The topological polar surface area (TPSA) is 57.7 Å². The number of amides is 1. The molecule has 1 heterocycles. The Morgan fingerprint density at radius 2 is 1.56 bits per heavy atom. The molecule has 0 radical (unpaired) electrons. The summed E-state index contributed by atoms with van der Waals surface area (Å²) in [6.07, 6.45) is 0. The Kier molecular flexibility index (Phi) is 5.25. The van der Waals surface area contributed by atoms with E-state index in [9.17, 15) is 26.4 Å². The summed E-state index contributed by atoms with van der Waals surface area (Å²) in [7, 11) is -4.34. The van der Waals surface area contributed by atoms with Crippen molar-refractivity contribution in [2.75, 3.05) is 26.2 Å². The van der Waals surface area contributed by atoms with Gasteiger partial charge in [0, 0.05) is 31.7 Å². The fourth-order valence-corrected chi connectivity index (χ4v) is 4.44. The summed E-state index contributed by atoms with van der Waals surface area (Å²) in [5.74, 6) is -5.25. The van der Waals surface area contributed by atoms with Crippen LogP contribution >= 0.6 is 0 Å². The molecule has 1 fully saturated rings. The Morgan fingerprint density at radius 3 is 2.19 bits per heavy atom. The lowest BCUT2D eigenvalue weighted by Gasteiger charge is -2.34. The number of nitrogens with zero attached hydrogens (tertiary/aromatic N) is 2. The minimum absolute atomic E-state index is 0.0710. The predicted molar refractivity (Wildman–Crippen MR) is 92.2 cm³/mol. The molecule has 0 aromatic heterocycles. The lowest BCUT2D eigenvalue weighted by molar-refractivity contribution is 0.0697. The molecule has 27 heavy (non-hydrogen) atoms. The van der Waals surface area contributed by atoms with Gasteiger partial charge in [0.25, 0.3) is 5.91 Å². The zero-order valence-electron chi connectivity index (χ0n) is 14.5. The molecule has 0 atom stereocenters. The molecule has 144 valence electrons. The first kappa shape index (κ1) is 19.4. The molecule has 0 aliphatic carbocycles. The zero-order chi connectivity index (χ0) is 19.8. The van der Waals surface area contributed by atoms with Gasteiger partial charge in [-0.25, -0.2) is 21.6 Å². The Hall–Kier alpha value is -2.39. The molecule has 1 amide bonds. The van der Waals surface area contributed by atoms with E-state index in [0.29, 0.717) is 17.7 Å². The summed E-state index contributed by atoms with van der Waals surface area (Å²) in [5, 5.41) is 0. The molecule has 5 nitrogen and oxygen atoms in total. The molecule has 0 unspecified atom stereocenters. The maximum absolute atomic E-state index is 13.9. The van der Waals surface area contributed by atoms with Crippen molar-refractivity contribution in [2.45, 2.75) is 11.8 Å². The molecule has 0 saturated carbocycles. The van der Waals surface area contributed by atoms with Crippen molar-refractivity contribution in [1.82, 2.24) is 9.21 Å². The molecular formula is C18H17F3N2O3S. The van der Waals surface area contributed by atoms with Crippen LogP contribution in [-0.2, 0) is 10.0 Å². The number of sulfonamides is 1. The van der Waals surface area contributed by atoms with Crippen LogP contribution in [0.15, 0.2) is 41.3 Å². The largest absolute Gasteiger partial charge is 0.336 e.